The quantitative estimate of drug-likeness (QED) is 0.606. The van der Waals surface area contributed by atoms with Gasteiger partial charge in [-0.15, -0.1) is 0 Å². The molecular formula is C21H34F3N5O2. The molecule has 1 saturated carbocycles. The molecule has 4 saturated heterocycles. The van der Waals surface area contributed by atoms with E-state index in [0.717, 1.165) is 52.0 Å². The number of halogens is 3. The number of hydrazine groups is 1. The first-order valence-corrected chi connectivity index (χ1v) is 11.7. The number of amides is 1. The van der Waals surface area contributed by atoms with Crippen LogP contribution in [0.4, 0.5) is 13.2 Å². The molecule has 5 rings (SSSR count). The van der Waals surface area contributed by atoms with Gasteiger partial charge in [-0.3, -0.25) is 9.69 Å². The highest BCUT2D eigenvalue weighted by atomic mass is 19.4. The lowest BCUT2D eigenvalue weighted by molar-refractivity contribution is -0.175. The summed E-state index contributed by atoms with van der Waals surface area (Å²) in [5.74, 6) is -0.767. The second kappa shape index (κ2) is 8.13. The van der Waals surface area contributed by atoms with Crippen molar-refractivity contribution >= 4 is 5.91 Å². The third-order valence-corrected chi connectivity index (χ3v) is 8.59. The van der Waals surface area contributed by atoms with Crippen LogP contribution in [0.3, 0.4) is 0 Å². The second-order valence-electron chi connectivity index (χ2n) is 10.4. The van der Waals surface area contributed by atoms with Crippen LogP contribution in [0, 0.1) is 23.2 Å². The second-order valence-corrected chi connectivity index (χ2v) is 10.4. The van der Waals surface area contributed by atoms with Gasteiger partial charge in [-0.2, -0.15) is 13.2 Å². The van der Waals surface area contributed by atoms with Gasteiger partial charge in [0.1, 0.15) is 6.04 Å². The number of alkyl halides is 3. The summed E-state index contributed by atoms with van der Waals surface area (Å²) >= 11 is 0. The lowest BCUT2D eigenvalue weighted by atomic mass is 9.64. The highest BCUT2D eigenvalue weighted by Crippen LogP contribution is 2.49. The van der Waals surface area contributed by atoms with Gasteiger partial charge in [-0.05, 0) is 51.6 Å². The molecule has 1 aliphatic carbocycles. The maximum Gasteiger partial charge on any atom is 0.404 e. The van der Waals surface area contributed by atoms with E-state index in [0.29, 0.717) is 12.3 Å². The number of likely N-dealkylation sites (tertiary alicyclic amines) is 1. The van der Waals surface area contributed by atoms with Crippen molar-refractivity contribution in [3.05, 3.63) is 0 Å². The topological polar surface area (TPSA) is 68.9 Å². The molecule has 31 heavy (non-hydrogen) atoms. The van der Waals surface area contributed by atoms with Gasteiger partial charge >= 0.3 is 6.18 Å². The molecule has 4 aliphatic heterocycles. The number of hydrogen-bond donors (Lipinski definition) is 3. The van der Waals surface area contributed by atoms with Gasteiger partial charge in [-0.25, -0.2) is 10.9 Å². The summed E-state index contributed by atoms with van der Waals surface area (Å²) in [6, 6.07) is -1.52. The van der Waals surface area contributed by atoms with Crippen LogP contribution in [0.2, 0.25) is 0 Å². The van der Waals surface area contributed by atoms with E-state index in [1.165, 1.54) is 0 Å². The molecule has 0 aromatic heterocycles. The number of carbonyl (C=O) groups excluding carboxylic acids is 1. The minimum Gasteiger partial charge on any atom is -0.380 e. The summed E-state index contributed by atoms with van der Waals surface area (Å²) in [6.45, 7) is 2.76. The summed E-state index contributed by atoms with van der Waals surface area (Å²) in [7, 11) is 2.09. The fourth-order valence-electron chi connectivity index (χ4n) is 6.74. The largest absolute Gasteiger partial charge is 0.404 e. The zero-order chi connectivity index (χ0) is 21.8. The summed E-state index contributed by atoms with van der Waals surface area (Å²) in [6.07, 6.45) is 1.32. The number of hydrogen-bond acceptors (Lipinski definition) is 6. The van der Waals surface area contributed by atoms with Crippen LogP contribution in [0.1, 0.15) is 38.5 Å². The van der Waals surface area contributed by atoms with E-state index < -0.39 is 24.1 Å². The first-order valence-electron chi connectivity index (χ1n) is 11.7. The fourth-order valence-corrected chi connectivity index (χ4v) is 6.74. The van der Waals surface area contributed by atoms with Gasteiger partial charge in [-0.1, -0.05) is 6.42 Å². The van der Waals surface area contributed by atoms with Gasteiger partial charge in [0.15, 0.2) is 0 Å². The molecule has 0 aromatic carbocycles. The smallest absolute Gasteiger partial charge is 0.380 e. The van der Waals surface area contributed by atoms with Gasteiger partial charge in [0.25, 0.3) is 0 Å². The van der Waals surface area contributed by atoms with Crippen molar-refractivity contribution in [1.29, 1.82) is 0 Å². The van der Waals surface area contributed by atoms with Crippen LogP contribution in [-0.2, 0) is 9.53 Å². The number of nitrogens with zero attached hydrogens (tertiary/aromatic N) is 2. The van der Waals surface area contributed by atoms with Gasteiger partial charge in [0, 0.05) is 29.8 Å². The fraction of sp³-hybridized carbons (Fsp3) is 0.952. The number of fused-ring (bicyclic) bond motifs is 1. The van der Waals surface area contributed by atoms with Crippen molar-refractivity contribution in [2.24, 2.45) is 23.2 Å². The van der Waals surface area contributed by atoms with Crippen molar-refractivity contribution in [2.45, 2.75) is 63.0 Å². The highest BCUT2D eigenvalue weighted by Gasteiger charge is 2.57. The minimum absolute atomic E-state index is 0.0493. The van der Waals surface area contributed by atoms with Crippen LogP contribution in [0.25, 0.3) is 0 Å². The lowest BCUT2D eigenvalue weighted by Crippen LogP contribution is -2.56. The van der Waals surface area contributed by atoms with E-state index in [1.807, 2.05) is 4.90 Å². The van der Waals surface area contributed by atoms with E-state index in [4.69, 9.17) is 4.74 Å². The first kappa shape index (κ1) is 21.9. The average molecular weight is 446 g/mol. The van der Waals surface area contributed by atoms with E-state index in [-0.39, 0.29) is 36.6 Å². The van der Waals surface area contributed by atoms with E-state index in [1.54, 1.807) is 0 Å². The minimum atomic E-state index is -4.31. The molecule has 10 heteroatoms. The molecule has 3 N–H and O–H groups in total. The summed E-state index contributed by atoms with van der Waals surface area (Å²) in [5, 5.41) is 2.63. The number of piperidine rings is 1. The third kappa shape index (κ3) is 3.88. The van der Waals surface area contributed by atoms with Crippen molar-refractivity contribution in [3.8, 4) is 0 Å². The predicted molar refractivity (Wildman–Crippen MR) is 107 cm³/mol. The van der Waals surface area contributed by atoms with E-state index in [2.05, 4.69) is 28.1 Å². The molecular weight excluding hydrogens is 411 g/mol. The Kier molecular flexibility index (Phi) is 5.74. The maximum absolute atomic E-state index is 13.6. The monoisotopic (exact) mass is 445 g/mol. The standard InChI is InChI=1S/C21H34F3N5O2/c1-28-12-26-27-17(28)8-20(10-31-11-20)13-3-2-4-14(7-13)29-9-16-15(19(29)30)5-6-25-18(16)21(22,23)24/h13-18,25-27H,2-12H2,1H3. The zero-order valence-corrected chi connectivity index (χ0v) is 18.1. The summed E-state index contributed by atoms with van der Waals surface area (Å²) in [4.78, 5) is 17.2. The van der Waals surface area contributed by atoms with Crippen molar-refractivity contribution in [3.63, 3.8) is 0 Å². The van der Waals surface area contributed by atoms with Crippen LogP contribution in [-0.4, -0.2) is 80.2 Å². The molecule has 0 aromatic rings. The van der Waals surface area contributed by atoms with Gasteiger partial charge in [0.2, 0.25) is 5.91 Å². The van der Waals surface area contributed by atoms with Crippen LogP contribution < -0.4 is 16.2 Å². The summed E-state index contributed by atoms with van der Waals surface area (Å²) < 4.78 is 46.3. The Hall–Kier alpha value is -0.940. The molecule has 1 amide bonds. The number of ether oxygens (including phenoxy) is 1. The Morgan fingerprint density at radius 3 is 2.68 bits per heavy atom. The Morgan fingerprint density at radius 1 is 1.23 bits per heavy atom. The lowest BCUT2D eigenvalue weighted by Gasteiger charge is -2.52. The summed E-state index contributed by atoms with van der Waals surface area (Å²) in [5.41, 5.74) is 6.61. The molecule has 0 spiro atoms. The molecule has 7 nitrogen and oxygen atoms in total. The molecule has 176 valence electrons. The molecule has 6 atom stereocenters. The normalized spacial score (nSPS) is 41.3. The van der Waals surface area contributed by atoms with Crippen LogP contribution >= 0.6 is 0 Å². The van der Waals surface area contributed by atoms with Crippen molar-refractivity contribution < 1.29 is 22.7 Å². The molecule has 0 radical (unpaired) electrons. The number of carbonyl (C=O) groups is 1. The molecule has 4 heterocycles. The first-order chi connectivity index (χ1) is 14.8. The van der Waals surface area contributed by atoms with Crippen LogP contribution in [0.15, 0.2) is 0 Å². The predicted octanol–water partition coefficient (Wildman–Crippen LogP) is 1.27. The number of nitrogens with one attached hydrogen (secondary N) is 3. The Balaban J connectivity index is 1.28. The number of rotatable bonds is 4. The highest BCUT2D eigenvalue weighted by molar-refractivity contribution is 5.82. The SMILES string of the molecule is CN1CNNC1CC1(C2CCCC(N3CC4C(CCNC4C(F)(F)F)C3=O)C2)COC1. The van der Waals surface area contributed by atoms with E-state index in [9.17, 15) is 18.0 Å². The average Bonchev–Trinajstić information content (AvgIpc) is 3.27. The Labute approximate surface area is 181 Å². The molecule has 6 unspecified atom stereocenters. The zero-order valence-electron chi connectivity index (χ0n) is 18.1. The Morgan fingerprint density at radius 2 is 2.03 bits per heavy atom. The third-order valence-electron chi connectivity index (χ3n) is 8.59. The molecule has 0 bridgehead atoms. The van der Waals surface area contributed by atoms with Gasteiger partial charge < -0.3 is 15.0 Å². The Bertz CT molecular complexity index is 688. The van der Waals surface area contributed by atoms with E-state index >= 15 is 0 Å². The van der Waals surface area contributed by atoms with Gasteiger partial charge in [0.05, 0.1) is 26.0 Å². The van der Waals surface area contributed by atoms with Crippen molar-refractivity contribution in [1.82, 2.24) is 26.0 Å². The molecule has 5 fully saturated rings. The maximum atomic E-state index is 13.6. The molecule has 5 aliphatic rings. The van der Waals surface area contributed by atoms with Crippen molar-refractivity contribution in [2.75, 3.05) is 40.0 Å². The van der Waals surface area contributed by atoms with Crippen LogP contribution in [0.5, 0.6) is 0 Å².